The number of furan rings is 1. The number of carbonyl (C=O) groups is 1. The SMILES string of the molecule is Cc1ncsc1COc1ccc2oc(C)c(C(=O)NCC(F)F)c2c1. The summed E-state index contributed by atoms with van der Waals surface area (Å²) in [5, 5.41) is 2.73. The van der Waals surface area contributed by atoms with Crippen LogP contribution in [0.3, 0.4) is 0 Å². The summed E-state index contributed by atoms with van der Waals surface area (Å²) in [6, 6.07) is 5.11. The Morgan fingerprint density at radius 3 is 2.88 bits per heavy atom. The third kappa shape index (κ3) is 3.79. The zero-order valence-electron chi connectivity index (χ0n) is 13.6. The number of carbonyl (C=O) groups excluding carboxylic acids is 1. The number of aryl methyl sites for hydroxylation is 2. The Morgan fingerprint density at radius 1 is 1.40 bits per heavy atom. The summed E-state index contributed by atoms with van der Waals surface area (Å²) in [6.45, 7) is 3.19. The van der Waals surface area contributed by atoms with Crippen LogP contribution in [-0.2, 0) is 6.61 Å². The van der Waals surface area contributed by atoms with Crippen LogP contribution in [0.5, 0.6) is 5.75 Å². The van der Waals surface area contributed by atoms with Gasteiger partial charge in [-0.1, -0.05) is 0 Å². The zero-order chi connectivity index (χ0) is 18.0. The van der Waals surface area contributed by atoms with Crippen molar-refractivity contribution in [3.05, 3.63) is 45.6 Å². The molecule has 0 spiro atoms. The number of benzene rings is 1. The van der Waals surface area contributed by atoms with Crippen LogP contribution >= 0.6 is 11.3 Å². The average Bonchev–Trinajstić information content (AvgIpc) is 3.12. The molecule has 5 nitrogen and oxygen atoms in total. The number of hydrogen-bond donors (Lipinski definition) is 1. The molecule has 2 aromatic heterocycles. The molecule has 3 aromatic rings. The van der Waals surface area contributed by atoms with Gasteiger partial charge in [-0.15, -0.1) is 11.3 Å². The van der Waals surface area contributed by atoms with Crippen molar-refractivity contribution in [2.24, 2.45) is 0 Å². The summed E-state index contributed by atoms with van der Waals surface area (Å²) >= 11 is 1.50. The molecule has 0 radical (unpaired) electrons. The fourth-order valence-corrected chi connectivity index (χ4v) is 3.13. The molecule has 0 fully saturated rings. The first-order chi connectivity index (χ1) is 12.0. The molecule has 132 valence electrons. The highest BCUT2D eigenvalue weighted by molar-refractivity contribution is 7.09. The van der Waals surface area contributed by atoms with Crippen LogP contribution in [-0.4, -0.2) is 23.9 Å². The monoisotopic (exact) mass is 366 g/mol. The van der Waals surface area contributed by atoms with Crippen molar-refractivity contribution in [2.45, 2.75) is 26.9 Å². The van der Waals surface area contributed by atoms with E-state index in [2.05, 4.69) is 10.3 Å². The van der Waals surface area contributed by atoms with Crippen molar-refractivity contribution < 1.29 is 22.7 Å². The van der Waals surface area contributed by atoms with Crippen molar-refractivity contribution in [3.63, 3.8) is 0 Å². The Labute approximate surface area is 146 Å². The van der Waals surface area contributed by atoms with E-state index in [0.29, 0.717) is 29.1 Å². The highest BCUT2D eigenvalue weighted by Crippen LogP contribution is 2.29. The molecule has 3 rings (SSSR count). The van der Waals surface area contributed by atoms with Crippen molar-refractivity contribution in [1.82, 2.24) is 10.3 Å². The number of amides is 1. The molecule has 1 aromatic carbocycles. The first-order valence-electron chi connectivity index (χ1n) is 7.57. The smallest absolute Gasteiger partial charge is 0.255 e. The predicted molar refractivity (Wildman–Crippen MR) is 90.5 cm³/mol. The fraction of sp³-hybridized carbons (Fsp3) is 0.294. The van der Waals surface area contributed by atoms with E-state index >= 15 is 0 Å². The fourth-order valence-electron chi connectivity index (χ4n) is 2.44. The lowest BCUT2D eigenvalue weighted by Crippen LogP contribution is -2.28. The number of alkyl halides is 2. The molecule has 0 bridgehead atoms. The lowest BCUT2D eigenvalue weighted by Gasteiger charge is -2.06. The number of aromatic nitrogens is 1. The van der Waals surface area contributed by atoms with Crippen LogP contribution in [0.4, 0.5) is 8.78 Å². The Kier molecular flexibility index (Phi) is 4.98. The third-order valence-corrected chi connectivity index (χ3v) is 4.60. The van der Waals surface area contributed by atoms with Gasteiger partial charge in [-0.2, -0.15) is 0 Å². The Bertz CT molecular complexity index is 905. The number of hydrogen-bond acceptors (Lipinski definition) is 5. The molecule has 25 heavy (non-hydrogen) atoms. The minimum atomic E-state index is -2.61. The van der Waals surface area contributed by atoms with E-state index in [9.17, 15) is 13.6 Å². The number of ether oxygens (including phenoxy) is 1. The molecular formula is C17H16F2N2O3S. The van der Waals surface area contributed by atoms with Crippen LogP contribution < -0.4 is 10.1 Å². The second-order valence-electron chi connectivity index (χ2n) is 5.44. The summed E-state index contributed by atoms with van der Waals surface area (Å²) in [6.07, 6.45) is -2.61. The first-order valence-corrected chi connectivity index (χ1v) is 8.45. The maximum absolute atomic E-state index is 12.3. The van der Waals surface area contributed by atoms with Gasteiger partial charge in [0.05, 0.1) is 28.2 Å². The van der Waals surface area contributed by atoms with Crippen LogP contribution in [0.25, 0.3) is 11.0 Å². The quantitative estimate of drug-likeness (QED) is 0.714. The number of nitrogens with zero attached hydrogens (tertiary/aromatic N) is 1. The zero-order valence-corrected chi connectivity index (χ0v) is 14.5. The van der Waals surface area contributed by atoms with E-state index in [4.69, 9.17) is 9.15 Å². The molecule has 8 heteroatoms. The van der Waals surface area contributed by atoms with Gasteiger partial charge in [-0.3, -0.25) is 4.79 Å². The van der Waals surface area contributed by atoms with E-state index in [1.54, 1.807) is 30.6 Å². The Hall–Kier alpha value is -2.48. The highest BCUT2D eigenvalue weighted by atomic mass is 32.1. The van der Waals surface area contributed by atoms with Gasteiger partial charge in [0, 0.05) is 5.39 Å². The standard InChI is InChI=1S/C17H16F2N2O3S/c1-9-14(25-8-21-9)7-23-11-3-4-13-12(5-11)16(10(2)24-13)17(22)20-6-15(18)19/h3-5,8,15H,6-7H2,1-2H3,(H,20,22). The van der Waals surface area contributed by atoms with Crippen molar-refractivity contribution in [2.75, 3.05) is 6.54 Å². The highest BCUT2D eigenvalue weighted by Gasteiger charge is 2.19. The van der Waals surface area contributed by atoms with E-state index in [1.807, 2.05) is 6.92 Å². The van der Waals surface area contributed by atoms with Gasteiger partial charge >= 0.3 is 0 Å². The van der Waals surface area contributed by atoms with Crippen molar-refractivity contribution >= 4 is 28.2 Å². The summed E-state index contributed by atoms with van der Waals surface area (Å²) in [7, 11) is 0. The van der Waals surface area contributed by atoms with Crippen molar-refractivity contribution in [3.8, 4) is 5.75 Å². The van der Waals surface area contributed by atoms with Crippen LogP contribution in [0, 0.1) is 13.8 Å². The Balaban J connectivity index is 1.84. The van der Waals surface area contributed by atoms with E-state index < -0.39 is 18.9 Å². The lowest BCUT2D eigenvalue weighted by molar-refractivity contribution is 0.0891. The molecule has 0 aliphatic heterocycles. The van der Waals surface area contributed by atoms with Crippen LogP contribution in [0.2, 0.25) is 0 Å². The summed E-state index contributed by atoms with van der Waals surface area (Å²) in [4.78, 5) is 17.4. The summed E-state index contributed by atoms with van der Waals surface area (Å²) in [5.74, 6) is 0.341. The minimum Gasteiger partial charge on any atom is -0.488 e. The van der Waals surface area contributed by atoms with Gasteiger partial charge in [0.2, 0.25) is 0 Å². The van der Waals surface area contributed by atoms with E-state index in [-0.39, 0.29) is 5.56 Å². The molecule has 0 saturated carbocycles. The molecule has 0 atom stereocenters. The third-order valence-electron chi connectivity index (χ3n) is 3.69. The number of halogens is 2. The predicted octanol–water partition coefficient (Wildman–Crippen LogP) is 4.08. The first kappa shape index (κ1) is 17.3. The number of nitrogens with one attached hydrogen (secondary N) is 1. The maximum Gasteiger partial charge on any atom is 0.255 e. The van der Waals surface area contributed by atoms with Gasteiger partial charge in [-0.05, 0) is 32.0 Å². The van der Waals surface area contributed by atoms with Gasteiger partial charge in [0.15, 0.2) is 0 Å². The normalized spacial score (nSPS) is 11.2. The van der Waals surface area contributed by atoms with Crippen molar-refractivity contribution in [1.29, 1.82) is 0 Å². The summed E-state index contributed by atoms with van der Waals surface area (Å²) in [5.41, 5.74) is 3.41. The number of fused-ring (bicyclic) bond motifs is 1. The lowest BCUT2D eigenvalue weighted by atomic mass is 10.1. The second-order valence-corrected chi connectivity index (χ2v) is 6.38. The number of rotatable bonds is 6. The molecular weight excluding hydrogens is 350 g/mol. The number of thiazole rings is 1. The van der Waals surface area contributed by atoms with Gasteiger partial charge < -0.3 is 14.5 Å². The molecule has 0 aliphatic carbocycles. The second kappa shape index (κ2) is 7.18. The van der Waals surface area contributed by atoms with E-state index in [1.165, 1.54) is 11.3 Å². The van der Waals surface area contributed by atoms with Gasteiger partial charge in [0.1, 0.15) is 23.7 Å². The van der Waals surface area contributed by atoms with Crippen LogP contribution in [0.1, 0.15) is 26.7 Å². The summed E-state index contributed by atoms with van der Waals surface area (Å²) < 4.78 is 35.9. The average molecular weight is 366 g/mol. The molecule has 2 heterocycles. The van der Waals surface area contributed by atoms with Gasteiger partial charge in [0.25, 0.3) is 12.3 Å². The van der Waals surface area contributed by atoms with Gasteiger partial charge in [-0.25, -0.2) is 13.8 Å². The Morgan fingerprint density at radius 2 is 2.20 bits per heavy atom. The largest absolute Gasteiger partial charge is 0.488 e. The molecule has 1 amide bonds. The minimum absolute atomic E-state index is 0.245. The molecule has 1 N–H and O–H groups in total. The topological polar surface area (TPSA) is 64.4 Å². The maximum atomic E-state index is 12.3. The van der Waals surface area contributed by atoms with E-state index in [0.717, 1.165) is 10.6 Å². The molecule has 0 aliphatic rings. The molecule has 0 unspecified atom stereocenters. The molecule has 0 saturated heterocycles. The van der Waals surface area contributed by atoms with Crippen LogP contribution in [0.15, 0.2) is 28.1 Å².